The summed E-state index contributed by atoms with van der Waals surface area (Å²) in [6.07, 6.45) is 0. The molecule has 2 N–H and O–H groups in total. The monoisotopic (exact) mass is 297 g/mol. The van der Waals surface area contributed by atoms with Gasteiger partial charge in [0.25, 0.3) is 0 Å². The standard InChI is InChI=1S/C14H13ClFNOS/c1-18-11-4-2-9(12(16)7-11)8-19-14-6-10(15)3-5-13(14)17/h2-7H,8,17H2,1H3. The zero-order valence-electron chi connectivity index (χ0n) is 10.3. The van der Waals surface area contributed by atoms with E-state index < -0.39 is 0 Å². The van der Waals surface area contributed by atoms with Gasteiger partial charge in [0.15, 0.2) is 0 Å². The van der Waals surface area contributed by atoms with Crippen molar-refractivity contribution in [3.8, 4) is 5.75 Å². The smallest absolute Gasteiger partial charge is 0.130 e. The molecule has 0 aliphatic rings. The number of hydrogen-bond acceptors (Lipinski definition) is 3. The highest BCUT2D eigenvalue weighted by molar-refractivity contribution is 7.98. The maximum atomic E-state index is 13.8. The summed E-state index contributed by atoms with van der Waals surface area (Å²) in [6.45, 7) is 0. The first-order valence-electron chi connectivity index (χ1n) is 5.60. The van der Waals surface area contributed by atoms with Crippen molar-refractivity contribution in [2.24, 2.45) is 0 Å². The molecular weight excluding hydrogens is 285 g/mol. The average Bonchev–Trinajstić information content (AvgIpc) is 2.40. The van der Waals surface area contributed by atoms with Crippen LogP contribution in [-0.4, -0.2) is 7.11 Å². The number of benzene rings is 2. The number of ether oxygens (including phenoxy) is 1. The molecule has 5 heteroatoms. The normalized spacial score (nSPS) is 10.5. The fourth-order valence-corrected chi connectivity index (χ4v) is 2.79. The summed E-state index contributed by atoms with van der Waals surface area (Å²) in [4.78, 5) is 0.850. The molecule has 100 valence electrons. The van der Waals surface area contributed by atoms with Gasteiger partial charge in [-0.3, -0.25) is 0 Å². The molecule has 0 fully saturated rings. The van der Waals surface area contributed by atoms with E-state index >= 15 is 0 Å². The van der Waals surface area contributed by atoms with Crippen LogP contribution < -0.4 is 10.5 Å². The maximum Gasteiger partial charge on any atom is 0.130 e. The van der Waals surface area contributed by atoms with E-state index in [9.17, 15) is 4.39 Å². The van der Waals surface area contributed by atoms with E-state index in [4.69, 9.17) is 22.1 Å². The Labute approximate surface area is 120 Å². The Morgan fingerprint density at radius 2 is 2.05 bits per heavy atom. The molecule has 2 nitrogen and oxygen atoms in total. The maximum absolute atomic E-state index is 13.8. The summed E-state index contributed by atoms with van der Waals surface area (Å²) >= 11 is 7.36. The lowest BCUT2D eigenvalue weighted by molar-refractivity contribution is 0.411. The molecule has 0 heterocycles. The minimum atomic E-state index is -0.285. The highest BCUT2D eigenvalue weighted by Crippen LogP contribution is 2.31. The number of methoxy groups -OCH3 is 1. The van der Waals surface area contributed by atoms with Crippen molar-refractivity contribution in [3.63, 3.8) is 0 Å². The van der Waals surface area contributed by atoms with E-state index in [-0.39, 0.29) is 5.82 Å². The molecule has 2 aromatic rings. The molecule has 0 aromatic heterocycles. The predicted octanol–water partition coefficient (Wildman–Crippen LogP) is 4.36. The topological polar surface area (TPSA) is 35.2 Å². The van der Waals surface area contributed by atoms with Crippen LogP contribution in [-0.2, 0) is 5.75 Å². The Morgan fingerprint density at radius 3 is 2.74 bits per heavy atom. The van der Waals surface area contributed by atoms with Gasteiger partial charge in [0.05, 0.1) is 7.11 Å². The molecule has 0 aliphatic heterocycles. The summed E-state index contributed by atoms with van der Waals surface area (Å²) in [5.41, 5.74) is 7.09. The van der Waals surface area contributed by atoms with Crippen molar-refractivity contribution in [3.05, 3.63) is 52.8 Å². The fraction of sp³-hybridized carbons (Fsp3) is 0.143. The molecule has 0 bridgehead atoms. The first-order valence-corrected chi connectivity index (χ1v) is 6.96. The van der Waals surface area contributed by atoms with Gasteiger partial charge in [-0.25, -0.2) is 4.39 Å². The van der Waals surface area contributed by atoms with Crippen LogP contribution in [0.15, 0.2) is 41.3 Å². The molecule has 0 unspecified atom stereocenters. The predicted molar refractivity (Wildman–Crippen MR) is 78.4 cm³/mol. The van der Waals surface area contributed by atoms with Crippen molar-refractivity contribution in [1.82, 2.24) is 0 Å². The minimum absolute atomic E-state index is 0.285. The van der Waals surface area contributed by atoms with Gasteiger partial charge >= 0.3 is 0 Å². The van der Waals surface area contributed by atoms with Crippen molar-refractivity contribution in [1.29, 1.82) is 0 Å². The minimum Gasteiger partial charge on any atom is -0.497 e. The van der Waals surface area contributed by atoms with Crippen molar-refractivity contribution in [2.45, 2.75) is 10.6 Å². The second kappa shape index (κ2) is 6.17. The lowest BCUT2D eigenvalue weighted by Crippen LogP contribution is -1.92. The third-order valence-electron chi connectivity index (χ3n) is 2.62. The molecule has 2 aromatic carbocycles. The van der Waals surface area contributed by atoms with Crippen molar-refractivity contribution >= 4 is 29.1 Å². The Balaban J connectivity index is 2.12. The lowest BCUT2D eigenvalue weighted by Gasteiger charge is -2.08. The van der Waals surface area contributed by atoms with Crippen LogP contribution in [0, 0.1) is 5.82 Å². The van der Waals surface area contributed by atoms with Crippen LogP contribution in [0.4, 0.5) is 10.1 Å². The number of halogens is 2. The van der Waals surface area contributed by atoms with Crippen LogP contribution in [0.1, 0.15) is 5.56 Å². The van der Waals surface area contributed by atoms with Gasteiger partial charge in [0.1, 0.15) is 11.6 Å². The summed E-state index contributed by atoms with van der Waals surface area (Å²) in [5, 5.41) is 0.618. The van der Waals surface area contributed by atoms with E-state index in [2.05, 4.69) is 0 Å². The molecule has 2 rings (SSSR count). The number of anilines is 1. The number of nitrogens with two attached hydrogens (primary N) is 1. The molecule has 0 saturated heterocycles. The molecule has 19 heavy (non-hydrogen) atoms. The molecule has 0 saturated carbocycles. The van der Waals surface area contributed by atoms with E-state index in [0.29, 0.717) is 27.8 Å². The summed E-state index contributed by atoms with van der Waals surface area (Å²) in [7, 11) is 1.51. The second-order valence-corrected chi connectivity index (χ2v) is 5.38. The number of rotatable bonds is 4. The highest BCUT2D eigenvalue weighted by atomic mass is 35.5. The Morgan fingerprint density at radius 1 is 1.26 bits per heavy atom. The number of thioether (sulfide) groups is 1. The van der Waals surface area contributed by atoms with Gasteiger partial charge in [-0.2, -0.15) is 0 Å². The van der Waals surface area contributed by atoms with Crippen LogP contribution >= 0.6 is 23.4 Å². The van der Waals surface area contributed by atoms with E-state index in [0.717, 1.165) is 4.90 Å². The zero-order valence-corrected chi connectivity index (χ0v) is 11.9. The molecule has 0 atom stereocenters. The van der Waals surface area contributed by atoms with Crippen molar-refractivity contribution in [2.75, 3.05) is 12.8 Å². The van der Waals surface area contributed by atoms with Crippen LogP contribution in [0.3, 0.4) is 0 Å². The van der Waals surface area contributed by atoms with Gasteiger partial charge in [0, 0.05) is 27.4 Å². The first-order chi connectivity index (χ1) is 9.10. The summed E-state index contributed by atoms with van der Waals surface area (Å²) in [5.74, 6) is 0.710. The van der Waals surface area contributed by atoms with Crippen LogP contribution in [0.25, 0.3) is 0 Å². The quantitative estimate of drug-likeness (QED) is 0.672. The van der Waals surface area contributed by atoms with Gasteiger partial charge < -0.3 is 10.5 Å². The SMILES string of the molecule is COc1ccc(CSc2cc(Cl)ccc2N)c(F)c1. The third kappa shape index (κ3) is 3.55. The lowest BCUT2D eigenvalue weighted by atomic mass is 10.2. The zero-order chi connectivity index (χ0) is 13.8. The first kappa shape index (κ1) is 14.0. The van der Waals surface area contributed by atoms with Gasteiger partial charge in [-0.15, -0.1) is 11.8 Å². The Hall–Kier alpha value is -1.39. The highest BCUT2D eigenvalue weighted by Gasteiger charge is 2.07. The Kier molecular flexibility index (Phi) is 4.56. The average molecular weight is 298 g/mol. The molecule has 0 amide bonds. The van der Waals surface area contributed by atoms with E-state index in [1.54, 1.807) is 30.3 Å². The Bertz CT molecular complexity index is 592. The third-order valence-corrected chi connectivity index (χ3v) is 3.97. The fourth-order valence-electron chi connectivity index (χ4n) is 1.56. The van der Waals surface area contributed by atoms with Gasteiger partial charge in [0.2, 0.25) is 0 Å². The largest absolute Gasteiger partial charge is 0.497 e. The molecular formula is C14H13ClFNOS. The van der Waals surface area contributed by atoms with Crippen LogP contribution in [0.5, 0.6) is 5.75 Å². The summed E-state index contributed by atoms with van der Waals surface area (Å²) < 4.78 is 18.7. The van der Waals surface area contributed by atoms with Crippen LogP contribution in [0.2, 0.25) is 5.02 Å². The number of hydrogen-bond donors (Lipinski definition) is 1. The second-order valence-electron chi connectivity index (χ2n) is 3.93. The summed E-state index contributed by atoms with van der Waals surface area (Å²) in [6, 6.07) is 10.1. The van der Waals surface area contributed by atoms with E-state index in [1.807, 2.05) is 0 Å². The molecule has 0 aliphatic carbocycles. The molecule has 0 spiro atoms. The van der Waals surface area contributed by atoms with Crippen molar-refractivity contribution < 1.29 is 9.13 Å². The van der Waals surface area contributed by atoms with Gasteiger partial charge in [-0.05, 0) is 29.8 Å². The van der Waals surface area contributed by atoms with Gasteiger partial charge in [-0.1, -0.05) is 17.7 Å². The molecule has 0 radical (unpaired) electrons. The number of nitrogen functional groups attached to an aromatic ring is 1. The van der Waals surface area contributed by atoms with E-state index in [1.165, 1.54) is 24.9 Å².